The van der Waals surface area contributed by atoms with Gasteiger partial charge in [0.05, 0.1) is 12.1 Å². The summed E-state index contributed by atoms with van der Waals surface area (Å²) in [5.41, 5.74) is 2.23. The summed E-state index contributed by atoms with van der Waals surface area (Å²) in [6.07, 6.45) is 4.38. The highest BCUT2D eigenvalue weighted by molar-refractivity contribution is 5.66. The van der Waals surface area contributed by atoms with Crippen LogP contribution in [0.25, 0.3) is 0 Å². The van der Waals surface area contributed by atoms with Crippen molar-refractivity contribution in [2.75, 3.05) is 6.54 Å². The molecule has 0 saturated heterocycles. The molecule has 0 aromatic carbocycles. The van der Waals surface area contributed by atoms with E-state index in [4.69, 9.17) is 5.11 Å². The van der Waals surface area contributed by atoms with Gasteiger partial charge in [-0.3, -0.25) is 14.7 Å². The lowest BCUT2D eigenvalue weighted by molar-refractivity contribution is -0.137. The summed E-state index contributed by atoms with van der Waals surface area (Å²) in [7, 11) is 0. The van der Waals surface area contributed by atoms with Crippen molar-refractivity contribution in [3.05, 3.63) is 29.6 Å². The van der Waals surface area contributed by atoms with Crippen molar-refractivity contribution in [2.45, 2.75) is 38.8 Å². The Bertz CT molecular complexity index is 402. The second kappa shape index (κ2) is 5.27. The Kier molecular flexibility index (Phi) is 3.74. The average molecular weight is 234 g/mol. The van der Waals surface area contributed by atoms with Gasteiger partial charge in [-0.15, -0.1) is 0 Å². The molecule has 1 N–H and O–H groups in total. The summed E-state index contributed by atoms with van der Waals surface area (Å²) in [6.45, 7) is 3.44. The average Bonchev–Trinajstić information content (AvgIpc) is 3.10. The highest BCUT2D eigenvalue weighted by Crippen LogP contribution is 2.28. The number of aromatic nitrogens is 1. The van der Waals surface area contributed by atoms with Gasteiger partial charge in [-0.1, -0.05) is 6.07 Å². The molecule has 1 fully saturated rings. The van der Waals surface area contributed by atoms with Gasteiger partial charge in [-0.25, -0.2) is 0 Å². The predicted octanol–water partition coefficient (Wildman–Crippen LogP) is 1.83. The van der Waals surface area contributed by atoms with E-state index in [-0.39, 0.29) is 6.42 Å². The molecule has 1 aromatic rings. The summed E-state index contributed by atoms with van der Waals surface area (Å²) in [5, 5.41) is 8.74. The Morgan fingerprint density at radius 1 is 1.59 bits per heavy atom. The molecule has 1 heterocycles. The molecule has 4 heteroatoms. The Hall–Kier alpha value is -1.42. The molecule has 0 amide bonds. The quantitative estimate of drug-likeness (QED) is 0.816. The first-order chi connectivity index (χ1) is 8.16. The fraction of sp³-hybridized carbons (Fsp3) is 0.538. The van der Waals surface area contributed by atoms with Crippen molar-refractivity contribution in [2.24, 2.45) is 0 Å². The van der Waals surface area contributed by atoms with Gasteiger partial charge in [0.25, 0.3) is 0 Å². The van der Waals surface area contributed by atoms with Crippen LogP contribution in [0.15, 0.2) is 18.3 Å². The maximum Gasteiger partial charge on any atom is 0.304 e. The van der Waals surface area contributed by atoms with Crippen molar-refractivity contribution >= 4 is 5.97 Å². The lowest BCUT2D eigenvalue weighted by Crippen LogP contribution is -2.28. The molecule has 0 aliphatic heterocycles. The van der Waals surface area contributed by atoms with E-state index in [1.807, 2.05) is 19.1 Å². The number of pyridine rings is 1. The van der Waals surface area contributed by atoms with Crippen LogP contribution in [0.4, 0.5) is 0 Å². The zero-order chi connectivity index (χ0) is 12.3. The van der Waals surface area contributed by atoms with E-state index in [0.717, 1.165) is 12.2 Å². The summed E-state index contributed by atoms with van der Waals surface area (Å²) in [4.78, 5) is 17.2. The Labute approximate surface area is 101 Å². The van der Waals surface area contributed by atoms with Crippen LogP contribution >= 0.6 is 0 Å². The number of hydrogen-bond donors (Lipinski definition) is 1. The Morgan fingerprint density at radius 2 is 2.35 bits per heavy atom. The molecule has 0 spiro atoms. The van der Waals surface area contributed by atoms with Crippen LogP contribution in [0.5, 0.6) is 0 Å². The van der Waals surface area contributed by atoms with Crippen molar-refractivity contribution in [3.63, 3.8) is 0 Å². The van der Waals surface area contributed by atoms with Crippen LogP contribution in [0.3, 0.4) is 0 Å². The first-order valence-electron chi connectivity index (χ1n) is 6.03. The summed E-state index contributed by atoms with van der Waals surface area (Å²) < 4.78 is 0. The van der Waals surface area contributed by atoms with Gasteiger partial charge in [0.1, 0.15) is 0 Å². The van der Waals surface area contributed by atoms with Gasteiger partial charge >= 0.3 is 5.97 Å². The van der Waals surface area contributed by atoms with Crippen LogP contribution in [-0.2, 0) is 11.3 Å². The third kappa shape index (κ3) is 3.53. The van der Waals surface area contributed by atoms with Gasteiger partial charge in [0.15, 0.2) is 0 Å². The zero-order valence-corrected chi connectivity index (χ0v) is 10.1. The Morgan fingerprint density at radius 3 is 2.94 bits per heavy atom. The van der Waals surface area contributed by atoms with Crippen molar-refractivity contribution in [1.29, 1.82) is 0 Å². The van der Waals surface area contributed by atoms with Crippen molar-refractivity contribution in [3.8, 4) is 0 Å². The predicted molar refractivity (Wildman–Crippen MR) is 64.7 cm³/mol. The molecule has 0 atom stereocenters. The number of aryl methyl sites for hydroxylation is 1. The van der Waals surface area contributed by atoms with E-state index in [0.29, 0.717) is 12.6 Å². The van der Waals surface area contributed by atoms with Crippen molar-refractivity contribution in [1.82, 2.24) is 9.88 Å². The second-order valence-corrected chi connectivity index (χ2v) is 4.61. The third-order valence-electron chi connectivity index (χ3n) is 3.15. The monoisotopic (exact) mass is 234 g/mol. The standard InChI is InChI=1S/C13H18N2O2/c1-10-3-2-7-14-12(10)9-15(11-4-5-11)8-6-13(16)17/h2-3,7,11H,4-6,8-9H2,1H3,(H,16,17). The molecular weight excluding hydrogens is 216 g/mol. The minimum atomic E-state index is -0.728. The number of carboxylic acids is 1. The minimum Gasteiger partial charge on any atom is -0.481 e. The second-order valence-electron chi connectivity index (χ2n) is 4.61. The van der Waals surface area contributed by atoms with E-state index in [2.05, 4.69) is 9.88 Å². The number of rotatable bonds is 6. The molecule has 0 radical (unpaired) electrons. The van der Waals surface area contributed by atoms with Gasteiger partial charge in [-0.05, 0) is 31.4 Å². The van der Waals surface area contributed by atoms with Crippen molar-refractivity contribution < 1.29 is 9.90 Å². The molecule has 2 rings (SSSR count). The summed E-state index contributed by atoms with van der Waals surface area (Å²) >= 11 is 0. The first kappa shape index (κ1) is 12.0. The minimum absolute atomic E-state index is 0.211. The summed E-state index contributed by atoms with van der Waals surface area (Å²) in [5.74, 6) is -0.728. The normalized spacial score (nSPS) is 15.2. The van der Waals surface area contributed by atoms with Gasteiger partial charge in [0, 0.05) is 25.3 Å². The SMILES string of the molecule is Cc1cccnc1CN(CCC(=O)O)C1CC1. The highest BCUT2D eigenvalue weighted by Gasteiger charge is 2.29. The van der Waals surface area contributed by atoms with Crippen LogP contribution < -0.4 is 0 Å². The molecule has 4 nitrogen and oxygen atoms in total. The number of aliphatic carboxylic acids is 1. The van der Waals surface area contributed by atoms with E-state index in [9.17, 15) is 4.79 Å². The maximum absolute atomic E-state index is 10.6. The molecular formula is C13H18N2O2. The fourth-order valence-electron chi connectivity index (χ4n) is 1.95. The van der Waals surface area contributed by atoms with E-state index < -0.39 is 5.97 Å². The first-order valence-corrected chi connectivity index (χ1v) is 6.03. The largest absolute Gasteiger partial charge is 0.481 e. The number of nitrogens with zero attached hydrogens (tertiary/aromatic N) is 2. The van der Waals surface area contributed by atoms with Gasteiger partial charge in [-0.2, -0.15) is 0 Å². The molecule has 17 heavy (non-hydrogen) atoms. The Balaban J connectivity index is 1.97. The van der Waals surface area contributed by atoms with Gasteiger partial charge < -0.3 is 5.11 Å². The van der Waals surface area contributed by atoms with Crippen LogP contribution in [0.1, 0.15) is 30.5 Å². The molecule has 92 valence electrons. The number of carbonyl (C=O) groups is 1. The summed E-state index contributed by atoms with van der Waals surface area (Å²) in [6, 6.07) is 4.54. The number of hydrogen-bond acceptors (Lipinski definition) is 3. The maximum atomic E-state index is 10.6. The van der Waals surface area contributed by atoms with E-state index in [1.54, 1.807) is 6.20 Å². The lowest BCUT2D eigenvalue weighted by atomic mass is 10.2. The van der Waals surface area contributed by atoms with Crippen LogP contribution in [0, 0.1) is 6.92 Å². The molecule has 1 aliphatic carbocycles. The molecule has 0 unspecified atom stereocenters. The zero-order valence-electron chi connectivity index (χ0n) is 10.1. The highest BCUT2D eigenvalue weighted by atomic mass is 16.4. The van der Waals surface area contributed by atoms with Gasteiger partial charge in [0.2, 0.25) is 0 Å². The van der Waals surface area contributed by atoms with Crippen LogP contribution in [0.2, 0.25) is 0 Å². The molecule has 0 bridgehead atoms. The number of carboxylic acid groups (broad SMARTS) is 1. The lowest BCUT2D eigenvalue weighted by Gasteiger charge is -2.21. The topological polar surface area (TPSA) is 53.4 Å². The molecule has 1 saturated carbocycles. The smallest absolute Gasteiger partial charge is 0.304 e. The fourth-order valence-corrected chi connectivity index (χ4v) is 1.95. The van der Waals surface area contributed by atoms with E-state index in [1.165, 1.54) is 18.4 Å². The third-order valence-corrected chi connectivity index (χ3v) is 3.15. The molecule has 1 aromatic heterocycles. The van der Waals surface area contributed by atoms with E-state index >= 15 is 0 Å². The van der Waals surface area contributed by atoms with Crippen LogP contribution in [-0.4, -0.2) is 33.5 Å². The molecule has 1 aliphatic rings.